The monoisotopic (exact) mass is 331 g/mol. The number of aromatic nitrogens is 1. The van der Waals surface area contributed by atoms with Gasteiger partial charge in [-0.05, 0) is 44.2 Å². The van der Waals surface area contributed by atoms with Gasteiger partial charge in [0, 0.05) is 17.4 Å². The van der Waals surface area contributed by atoms with Crippen LogP contribution in [0.1, 0.15) is 18.7 Å². The summed E-state index contributed by atoms with van der Waals surface area (Å²) in [6.45, 7) is 3.12. The highest BCUT2D eigenvalue weighted by molar-refractivity contribution is 5.93. The topological polar surface area (TPSA) is 103 Å². The van der Waals surface area contributed by atoms with Crippen molar-refractivity contribution in [1.82, 2.24) is 4.57 Å². The summed E-state index contributed by atoms with van der Waals surface area (Å²) in [6.07, 6.45) is 0. The van der Waals surface area contributed by atoms with Gasteiger partial charge < -0.3 is 10.1 Å². The number of hydrogen-bond acceptors (Lipinski definition) is 5. The SMILES string of the molecule is COc1ccc(NC(=O)C(C)n2c(C)ccc([N+](=O)[O-])c2=O)cc1. The first kappa shape index (κ1) is 17.2. The second-order valence-corrected chi connectivity index (χ2v) is 5.19. The molecule has 1 amide bonds. The predicted molar refractivity (Wildman–Crippen MR) is 88.4 cm³/mol. The van der Waals surface area contributed by atoms with E-state index in [1.807, 2.05) is 0 Å². The number of hydrogen-bond donors (Lipinski definition) is 1. The average Bonchev–Trinajstić information content (AvgIpc) is 2.55. The van der Waals surface area contributed by atoms with E-state index >= 15 is 0 Å². The van der Waals surface area contributed by atoms with Crippen LogP contribution in [0.25, 0.3) is 0 Å². The summed E-state index contributed by atoms with van der Waals surface area (Å²) >= 11 is 0. The van der Waals surface area contributed by atoms with Crippen molar-refractivity contribution < 1.29 is 14.5 Å². The van der Waals surface area contributed by atoms with Gasteiger partial charge in [0.05, 0.1) is 12.0 Å². The van der Waals surface area contributed by atoms with Crippen LogP contribution in [-0.2, 0) is 4.79 Å². The molecule has 1 aromatic carbocycles. The summed E-state index contributed by atoms with van der Waals surface area (Å²) in [5.41, 5.74) is -0.381. The zero-order valence-corrected chi connectivity index (χ0v) is 13.5. The maximum atomic E-state index is 12.4. The number of nitro groups is 1. The number of amides is 1. The number of pyridine rings is 1. The number of rotatable bonds is 5. The van der Waals surface area contributed by atoms with Crippen molar-refractivity contribution in [2.45, 2.75) is 19.9 Å². The van der Waals surface area contributed by atoms with Crippen molar-refractivity contribution in [3.8, 4) is 5.75 Å². The third kappa shape index (κ3) is 3.43. The second kappa shape index (κ2) is 6.95. The third-order valence-electron chi connectivity index (χ3n) is 3.62. The van der Waals surface area contributed by atoms with E-state index in [1.165, 1.54) is 20.1 Å². The fraction of sp³-hybridized carbons (Fsp3) is 0.250. The lowest BCUT2D eigenvalue weighted by Gasteiger charge is -2.17. The molecule has 0 saturated heterocycles. The van der Waals surface area contributed by atoms with Gasteiger partial charge in [0.2, 0.25) is 5.91 Å². The Hall–Kier alpha value is -3.16. The number of nitrogens with zero attached hydrogens (tertiary/aromatic N) is 2. The molecule has 0 saturated carbocycles. The molecule has 1 atom stereocenters. The minimum atomic E-state index is -0.903. The lowest BCUT2D eigenvalue weighted by molar-refractivity contribution is -0.386. The third-order valence-corrected chi connectivity index (χ3v) is 3.62. The summed E-state index contributed by atoms with van der Waals surface area (Å²) in [7, 11) is 1.53. The van der Waals surface area contributed by atoms with Crippen molar-refractivity contribution in [3.05, 3.63) is 62.6 Å². The number of carbonyl (C=O) groups excluding carboxylic acids is 1. The molecule has 0 radical (unpaired) electrons. The highest BCUT2D eigenvalue weighted by Gasteiger charge is 2.23. The van der Waals surface area contributed by atoms with Crippen molar-refractivity contribution in [3.63, 3.8) is 0 Å². The van der Waals surface area contributed by atoms with Crippen LogP contribution in [0, 0.1) is 17.0 Å². The van der Waals surface area contributed by atoms with E-state index in [4.69, 9.17) is 4.74 Å². The smallest absolute Gasteiger partial charge is 0.334 e. The number of aryl methyl sites for hydroxylation is 1. The lowest BCUT2D eigenvalue weighted by atomic mass is 10.2. The molecule has 0 aliphatic heterocycles. The average molecular weight is 331 g/mol. The number of benzene rings is 1. The number of anilines is 1. The van der Waals surface area contributed by atoms with Crippen molar-refractivity contribution in [2.75, 3.05) is 12.4 Å². The van der Waals surface area contributed by atoms with Crippen LogP contribution >= 0.6 is 0 Å². The molecule has 1 heterocycles. The van der Waals surface area contributed by atoms with E-state index in [9.17, 15) is 19.7 Å². The summed E-state index contributed by atoms with van der Waals surface area (Å²) in [5.74, 6) is 0.192. The van der Waals surface area contributed by atoms with Crippen LogP contribution in [0.15, 0.2) is 41.2 Å². The van der Waals surface area contributed by atoms with Crippen LogP contribution in [0.2, 0.25) is 0 Å². The number of carbonyl (C=O) groups is 1. The Morgan fingerprint density at radius 2 is 1.88 bits per heavy atom. The number of ether oxygens (including phenoxy) is 1. The second-order valence-electron chi connectivity index (χ2n) is 5.19. The molecule has 126 valence electrons. The van der Waals surface area contributed by atoms with E-state index in [1.54, 1.807) is 31.2 Å². The summed E-state index contributed by atoms with van der Waals surface area (Å²) < 4.78 is 6.14. The molecule has 24 heavy (non-hydrogen) atoms. The zero-order chi connectivity index (χ0) is 17.9. The summed E-state index contributed by atoms with van der Waals surface area (Å²) in [6, 6.07) is 8.37. The first-order chi connectivity index (χ1) is 11.3. The van der Waals surface area contributed by atoms with E-state index in [2.05, 4.69) is 5.32 Å². The Kier molecular flexibility index (Phi) is 4.98. The molecule has 0 fully saturated rings. The number of methoxy groups -OCH3 is 1. The van der Waals surface area contributed by atoms with Gasteiger partial charge in [-0.25, -0.2) is 0 Å². The van der Waals surface area contributed by atoms with Crippen LogP contribution in [-0.4, -0.2) is 22.5 Å². The first-order valence-electron chi connectivity index (χ1n) is 7.16. The number of nitrogens with one attached hydrogen (secondary N) is 1. The largest absolute Gasteiger partial charge is 0.497 e. The van der Waals surface area contributed by atoms with Gasteiger partial charge in [-0.15, -0.1) is 0 Å². The Morgan fingerprint density at radius 3 is 2.42 bits per heavy atom. The van der Waals surface area contributed by atoms with Gasteiger partial charge in [-0.2, -0.15) is 0 Å². The molecular formula is C16H17N3O5. The Morgan fingerprint density at radius 1 is 1.25 bits per heavy atom. The van der Waals surface area contributed by atoms with Crippen LogP contribution in [0.4, 0.5) is 11.4 Å². The summed E-state index contributed by atoms with van der Waals surface area (Å²) in [4.78, 5) is 34.8. The Labute approximate surface area is 137 Å². The lowest BCUT2D eigenvalue weighted by Crippen LogP contribution is -2.33. The molecule has 1 unspecified atom stereocenters. The van der Waals surface area contributed by atoms with Crippen molar-refractivity contribution in [1.29, 1.82) is 0 Å². The van der Waals surface area contributed by atoms with Gasteiger partial charge in [0.25, 0.3) is 0 Å². The highest BCUT2D eigenvalue weighted by Crippen LogP contribution is 2.17. The maximum Gasteiger partial charge on any atom is 0.334 e. The molecular weight excluding hydrogens is 314 g/mol. The fourth-order valence-corrected chi connectivity index (χ4v) is 2.29. The summed E-state index contributed by atoms with van der Waals surface area (Å²) in [5, 5.41) is 13.6. The minimum absolute atomic E-state index is 0.453. The van der Waals surface area contributed by atoms with Crippen LogP contribution in [0.5, 0.6) is 5.75 Å². The molecule has 0 bridgehead atoms. The van der Waals surface area contributed by atoms with Crippen LogP contribution < -0.4 is 15.6 Å². The van der Waals surface area contributed by atoms with Crippen molar-refractivity contribution in [2.24, 2.45) is 0 Å². The van der Waals surface area contributed by atoms with Gasteiger partial charge in [0.1, 0.15) is 11.8 Å². The quantitative estimate of drug-likeness (QED) is 0.668. The van der Waals surface area contributed by atoms with E-state index < -0.39 is 28.1 Å². The molecule has 8 heteroatoms. The van der Waals surface area contributed by atoms with Gasteiger partial charge in [-0.1, -0.05) is 0 Å². The molecule has 1 N–H and O–H groups in total. The molecule has 0 aliphatic rings. The van der Waals surface area contributed by atoms with E-state index in [-0.39, 0.29) is 0 Å². The zero-order valence-electron chi connectivity index (χ0n) is 13.5. The normalized spacial score (nSPS) is 11.6. The van der Waals surface area contributed by atoms with E-state index in [0.29, 0.717) is 17.1 Å². The van der Waals surface area contributed by atoms with Gasteiger partial charge in [-0.3, -0.25) is 24.3 Å². The minimum Gasteiger partial charge on any atom is -0.497 e. The highest BCUT2D eigenvalue weighted by atomic mass is 16.6. The van der Waals surface area contributed by atoms with Gasteiger partial charge in [0.15, 0.2) is 0 Å². The molecule has 2 rings (SSSR count). The predicted octanol–water partition coefficient (Wildman–Crippen LogP) is 2.27. The Balaban J connectivity index is 2.29. The molecule has 2 aromatic rings. The molecule has 8 nitrogen and oxygen atoms in total. The maximum absolute atomic E-state index is 12.4. The van der Waals surface area contributed by atoms with E-state index in [0.717, 1.165) is 10.6 Å². The first-order valence-corrected chi connectivity index (χ1v) is 7.16. The molecule has 0 aliphatic carbocycles. The van der Waals surface area contributed by atoms with Crippen molar-refractivity contribution >= 4 is 17.3 Å². The van der Waals surface area contributed by atoms with Crippen LogP contribution in [0.3, 0.4) is 0 Å². The molecule has 1 aromatic heterocycles. The van der Waals surface area contributed by atoms with Gasteiger partial charge >= 0.3 is 11.2 Å². The fourth-order valence-electron chi connectivity index (χ4n) is 2.29. The molecule has 0 spiro atoms. The Bertz CT molecular complexity index is 827. The standard InChI is InChI=1S/C16H17N3O5/c1-10-4-9-14(19(22)23)16(21)18(10)11(2)15(20)17-12-5-7-13(24-3)8-6-12/h4-9,11H,1-3H3,(H,17,20).